The summed E-state index contributed by atoms with van der Waals surface area (Å²) >= 11 is 1.48. The average molecular weight is 197 g/mol. The molecule has 0 amide bonds. The second-order valence-electron chi connectivity index (χ2n) is 3.31. The molecule has 1 heterocycles. The molecule has 13 heavy (non-hydrogen) atoms. The van der Waals surface area contributed by atoms with Gasteiger partial charge in [-0.05, 0) is 45.7 Å². The zero-order valence-corrected chi connectivity index (χ0v) is 9.27. The Balaban J connectivity index is 2.66. The zero-order valence-electron chi connectivity index (χ0n) is 8.46. The number of nitrogens with one attached hydrogen (secondary N) is 1. The molecule has 0 radical (unpaired) electrons. The van der Waals surface area contributed by atoms with E-state index in [-0.39, 0.29) is 0 Å². The monoisotopic (exact) mass is 197 g/mol. The van der Waals surface area contributed by atoms with Crippen LogP contribution in [0.25, 0.3) is 0 Å². The number of aromatic nitrogens is 2. The molecular formula is C9H15N3S. The quantitative estimate of drug-likeness (QED) is 0.595. The molecule has 0 unspecified atom stereocenters. The molecule has 0 aliphatic carbocycles. The summed E-state index contributed by atoms with van der Waals surface area (Å²) in [6.45, 7) is 8.15. The molecule has 1 rings (SSSR count). The molecule has 0 saturated heterocycles. The first kappa shape index (κ1) is 10.5. The lowest BCUT2D eigenvalue weighted by molar-refractivity contribution is 0.763. The highest BCUT2D eigenvalue weighted by Gasteiger charge is 2.00. The van der Waals surface area contributed by atoms with Crippen LogP contribution < -0.4 is 4.72 Å². The maximum atomic E-state index is 4.30. The molecule has 3 nitrogen and oxygen atoms in total. The van der Waals surface area contributed by atoms with Crippen LogP contribution in [-0.4, -0.2) is 16.0 Å². The van der Waals surface area contributed by atoms with Gasteiger partial charge in [-0.15, -0.1) is 0 Å². The molecule has 1 aromatic rings. The minimum absolute atomic E-state index is 0.439. The van der Waals surface area contributed by atoms with Crippen molar-refractivity contribution in [1.29, 1.82) is 0 Å². The summed E-state index contributed by atoms with van der Waals surface area (Å²) in [5.41, 5.74) is 2.03. The first-order valence-corrected chi connectivity index (χ1v) is 5.14. The number of hydrogen-bond donors (Lipinski definition) is 1. The Morgan fingerprint density at radius 3 is 2.23 bits per heavy atom. The minimum Gasteiger partial charge on any atom is -0.255 e. The molecular weight excluding hydrogens is 182 g/mol. The Bertz CT molecular complexity index is 266. The van der Waals surface area contributed by atoms with E-state index in [1.165, 1.54) is 11.9 Å². The first-order chi connectivity index (χ1) is 6.08. The van der Waals surface area contributed by atoms with Crippen molar-refractivity contribution in [3.05, 3.63) is 17.5 Å². The van der Waals surface area contributed by atoms with Gasteiger partial charge >= 0.3 is 0 Å². The molecule has 0 bridgehead atoms. The highest BCUT2D eigenvalue weighted by molar-refractivity contribution is 7.97. The third-order valence-electron chi connectivity index (χ3n) is 1.35. The summed E-state index contributed by atoms with van der Waals surface area (Å²) in [5.74, 6) is 0. The van der Waals surface area contributed by atoms with Crippen LogP contribution in [0.5, 0.6) is 0 Å². The zero-order chi connectivity index (χ0) is 9.84. The van der Waals surface area contributed by atoms with E-state index < -0.39 is 0 Å². The third kappa shape index (κ3) is 3.74. The normalized spacial score (nSPS) is 10.8. The summed E-state index contributed by atoms with van der Waals surface area (Å²) in [6, 6.07) is 2.41. The van der Waals surface area contributed by atoms with Gasteiger partial charge in [0.15, 0.2) is 0 Å². The van der Waals surface area contributed by atoms with Crippen LogP contribution in [0.2, 0.25) is 0 Å². The summed E-state index contributed by atoms with van der Waals surface area (Å²) in [7, 11) is 0. The second kappa shape index (κ2) is 4.58. The van der Waals surface area contributed by atoms with Gasteiger partial charge in [0.1, 0.15) is 0 Å². The van der Waals surface area contributed by atoms with E-state index in [1.807, 2.05) is 19.9 Å². The van der Waals surface area contributed by atoms with Gasteiger partial charge in [0.05, 0.1) is 0 Å². The van der Waals surface area contributed by atoms with Crippen LogP contribution in [0.1, 0.15) is 25.2 Å². The predicted octanol–water partition coefficient (Wildman–Crippen LogP) is 2.10. The van der Waals surface area contributed by atoms with Crippen LogP contribution in [0.3, 0.4) is 0 Å². The maximum Gasteiger partial charge on any atom is 0.203 e. The van der Waals surface area contributed by atoms with E-state index >= 15 is 0 Å². The molecule has 0 aromatic carbocycles. The molecule has 1 N–H and O–H groups in total. The Kier molecular flexibility index (Phi) is 3.69. The van der Waals surface area contributed by atoms with Crippen molar-refractivity contribution in [2.24, 2.45) is 0 Å². The van der Waals surface area contributed by atoms with Crippen molar-refractivity contribution in [2.45, 2.75) is 38.9 Å². The van der Waals surface area contributed by atoms with Gasteiger partial charge in [-0.25, -0.2) is 9.97 Å². The van der Waals surface area contributed by atoms with Crippen LogP contribution in [0.4, 0.5) is 0 Å². The standard InChI is InChI=1S/C9H15N3S/c1-6(2)12-13-9-10-7(3)5-8(4)11-9/h5-6,12H,1-4H3. The number of rotatable bonds is 3. The van der Waals surface area contributed by atoms with Crippen molar-refractivity contribution in [2.75, 3.05) is 0 Å². The highest BCUT2D eigenvalue weighted by atomic mass is 32.2. The van der Waals surface area contributed by atoms with Crippen molar-refractivity contribution in [3.8, 4) is 0 Å². The van der Waals surface area contributed by atoms with Gasteiger partial charge in [-0.2, -0.15) is 0 Å². The van der Waals surface area contributed by atoms with Gasteiger partial charge in [-0.1, -0.05) is 0 Å². The molecule has 72 valence electrons. The van der Waals surface area contributed by atoms with Crippen LogP contribution in [-0.2, 0) is 0 Å². The molecule has 0 atom stereocenters. The van der Waals surface area contributed by atoms with E-state index in [9.17, 15) is 0 Å². The van der Waals surface area contributed by atoms with Crippen molar-refractivity contribution in [3.63, 3.8) is 0 Å². The fourth-order valence-electron chi connectivity index (χ4n) is 0.910. The predicted molar refractivity (Wildman–Crippen MR) is 55.6 cm³/mol. The third-order valence-corrected chi connectivity index (χ3v) is 2.30. The van der Waals surface area contributed by atoms with E-state index in [4.69, 9.17) is 0 Å². The molecule has 0 aliphatic heterocycles. The number of hydrogen-bond acceptors (Lipinski definition) is 4. The van der Waals surface area contributed by atoms with Gasteiger partial charge in [-0.3, -0.25) is 4.72 Å². The summed E-state index contributed by atoms with van der Waals surface area (Å²) in [4.78, 5) is 8.59. The van der Waals surface area contributed by atoms with Crippen LogP contribution in [0, 0.1) is 13.8 Å². The largest absolute Gasteiger partial charge is 0.255 e. The summed E-state index contributed by atoms with van der Waals surface area (Å²) in [5, 5.41) is 0.797. The van der Waals surface area contributed by atoms with E-state index in [0.717, 1.165) is 16.5 Å². The van der Waals surface area contributed by atoms with Crippen LogP contribution >= 0.6 is 11.9 Å². The second-order valence-corrected chi connectivity index (χ2v) is 4.11. The topological polar surface area (TPSA) is 37.8 Å². The van der Waals surface area contributed by atoms with Gasteiger partial charge < -0.3 is 0 Å². The SMILES string of the molecule is Cc1cc(C)nc(SNC(C)C)n1. The van der Waals surface area contributed by atoms with Crippen molar-refractivity contribution in [1.82, 2.24) is 14.7 Å². The average Bonchev–Trinajstić information content (AvgIpc) is 1.99. The van der Waals surface area contributed by atoms with E-state index in [1.54, 1.807) is 0 Å². The van der Waals surface area contributed by atoms with Crippen LogP contribution in [0.15, 0.2) is 11.2 Å². The smallest absolute Gasteiger partial charge is 0.203 e. The lowest BCUT2D eigenvalue weighted by Gasteiger charge is -2.06. The van der Waals surface area contributed by atoms with E-state index in [2.05, 4.69) is 28.5 Å². The van der Waals surface area contributed by atoms with E-state index in [0.29, 0.717) is 6.04 Å². The fraction of sp³-hybridized carbons (Fsp3) is 0.556. The summed E-state index contributed by atoms with van der Waals surface area (Å²) in [6.07, 6.45) is 0. The lowest BCUT2D eigenvalue weighted by atomic mass is 10.4. The van der Waals surface area contributed by atoms with Crippen molar-refractivity contribution >= 4 is 11.9 Å². The molecule has 0 aliphatic rings. The van der Waals surface area contributed by atoms with Gasteiger partial charge in [0.2, 0.25) is 5.16 Å². The lowest BCUT2D eigenvalue weighted by Crippen LogP contribution is -2.14. The molecule has 0 saturated carbocycles. The van der Waals surface area contributed by atoms with Gasteiger partial charge in [0.25, 0.3) is 0 Å². The fourth-order valence-corrected chi connectivity index (χ4v) is 1.63. The maximum absolute atomic E-state index is 4.30. The van der Waals surface area contributed by atoms with Gasteiger partial charge in [0, 0.05) is 17.4 Å². The minimum atomic E-state index is 0.439. The summed E-state index contributed by atoms with van der Waals surface area (Å²) < 4.78 is 3.21. The number of nitrogens with zero attached hydrogens (tertiary/aromatic N) is 2. The first-order valence-electron chi connectivity index (χ1n) is 4.32. The molecule has 4 heteroatoms. The Morgan fingerprint density at radius 1 is 1.23 bits per heavy atom. The Labute approximate surface area is 83.5 Å². The molecule has 0 spiro atoms. The highest BCUT2D eigenvalue weighted by Crippen LogP contribution is 2.10. The molecule has 1 aromatic heterocycles. The molecule has 0 fully saturated rings. The number of aryl methyl sites for hydroxylation is 2. The Hall–Kier alpha value is -0.610. The Morgan fingerprint density at radius 2 is 1.77 bits per heavy atom. The van der Waals surface area contributed by atoms with Crippen molar-refractivity contribution < 1.29 is 0 Å².